The molecule has 0 aliphatic heterocycles. The number of carboxylic acid groups (broad SMARTS) is 1. The lowest BCUT2D eigenvalue weighted by atomic mass is 10.1. The van der Waals surface area contributed by atoms with Crippen molar-refractivity contribution in [3.63, 3.8) is 0 Å². The summed E-state index contributed by atoms with van der Waals surface area (Å²) in [6.07, 6.45) is 0. The van der Waals surface area contributed by atoms with Crippen LogP contribution in [0.4, 0.5) is 4.79 Å². The molecule has 0 bridgehead atoms. The Morgan fingerprint density at radius 2 is 2.05 bits per heavy atom. The predicted molar refractivity (Wildman–Crippen MR) is 73.1 cm³/mol. The summed E-state index contributed by atoms with van der Waals surface area (Å²) in [6, 6.07) is 5.67. The maximum atomic E-state index is 11.6. The molecule has 1 aromatic carbocycles. The van der Waals surface area contributed by atoms with Crippen LogP contribution in [0.5, 0.6) is 0 Å². The van der Waals surface area contributed by atoms with E-state index in [2.05, 4.69) is 10.6 Å². The lowest BCUT2D eigenvalue weighted by Gasteiger charge is -2.18. The molecule has 0 aliphatic rings. The van der Waals surface area contributed by atoms with Crippen LogP contribution in [0.1, 0.15) is 19.4 Å². The van der Waals surface area contributed by atoms with Gasteiger partial charge in [0.1, 0.15) is 6.04 Å². The van der Waals surface area contributed by atoms with Crippen LogP contribution >= 0.6 is 11.6 Å². The summed E-state index contributed by atoms with van der Waals surface area (Å²) in [5.41, 5.74) is 0.846. The third kappa shape index (κ3) is 5.18. The minimum Gasteiger partial charge on any atom is -0.480 e. The number of amides is 2. The molecule has 104 valence electrons. The lowest BCUT2D eigenvalue weighted by Crippen LogP contribution is -2.48. The Hall–Kier alpha value is -1.75. The second-order valence-corrected chi connectivity index (χ2v) is 4.95. The molecule has 19 heavy (non-hydrogen) atoms. The topological polar surface area (TPSA) is 78.4 Å². The van der Waals surface area contributed by atoms with Crippen LogP contribution in [0.15, 0.2) is 24.3 Å². The molecule has 0 spiro atoms. The zero-order valence-electron chi connectivity index (χ0n) is 10.8. The van der Waals surface area contributed by atoms with Gasteiger partial charge < -0.3 is 15.7 Å². The summed E-state index contributed by atoms with van der Waals surface area (Å²) in [6.45, 7) is 3.75. The number of benzene rings is 1. The third-order valence-electron chi connectivity index (χ3n) is 2.56. The fourth-order valence-corrected chi connectivity index (χ4v) is 1.75. The van der Waals surface area contributed by atoms with Gasteiger partial charge in [0.15, 0.2) is 0 Å². The Bertz CT molecular complexity index is 463. The molecule has 0 radical (unpaired) electrons. The van der Waals surface area contributed by atoms with Crippen molar-refractivity contribution in [3.05, 3.63) is 34.9 Å². The van der Waals surface area contributed by atoms with Crippen molar-refractivity contribution in [2.45, 2.75) is 26.4 Å². The van der Waals surface area contributed by atoms with Gasteiger partial charge in [0.2, 0.25) is 0 Å². The first-order chi connectivity index (χ1) is 8.90. The van der Waals surface area contributed by atoms with Gasteiger partial charge in [-0.1, -0.05) is 37.6 Å². The molecular weight excluding hydrogens is 268 g/mol. The first kappa shape index (κ1) is 15.3. The van der Waals surface area contributed by atoms with Gasteiger partial charge in [-0.05, 0) is 23.6 Å². The zero-order valence-corrected chi connectivity index (χ0v) is 11.6. The van der Waals surface area contributed by atoms with Crippen molar-refractivity contribution >= 4 is 23.6 Å². The average Bonchev–Trinajstić information content (AvgIpc) is 2.32. The number of aliphatic carboxylic acids is 1. The van der Waals surface area contributed by atoms with E-state index in [1.54, 1.807) is 32.0 Å². The molecule has 2 amide bonds. The van der Waals surface area contributed by atoms with Gasteiger partial charge in [0, 0.05) is 11.6 Å². The Morgan fingerprint density at radius 1 is 1.37 bits per heavy atom. The van der Waals surface area contributed by atoms with Crippen molar-refractivity contribution in [3.8, 4) is 0 Å². The van der Waals surface area contributed by atoms with Gasteiger partial charge in [-0.15, -0.1) is 0 Å². The molecule has 0 aromatic heterocycles. The van der Waals surface area contributed by atoms with Crippen molar-refractivity contribution in [2.75, 3.05) is 0 Å². The van der Waals surface area contributed by atoms with Crippen LogP contribution in [-0.4, -0.2) is 23.1 Å². The highest BCUT2D eigenvalue weighted by atomic mass is 35.5. The van der Waals surface area contributed by atoms with Crippen LogP contribution in [0, 0.1) is 5.92 Å². The van der Waals surface area contributed by atoms with E-state index in [0.717, 1.165) is 5.56 Å². The number of hydrogen-bond acceptors (Lipinski definition) is 2. The highest BCUT2D eigenvalue weighted by molar-refractivity contribution is 6.30. The average molecular weight is 285 g/mol. The van der Waals surface area contributed by atoms with Crippen LogP contribution in [0.25, 0.3) is 0 Å². The van der Waals surface area contributed by atoms with Gasteiger partial charge in [-0.25, -0.2) is 9.59 Å². The molecule has 0 saturated heterocycles. The predicted octanol–water partition coefficient (Wildman–Crippen LogP) is 2.25. The summed E-state index contributed by atoms with van der Waals surface area (Å²) in [5, 5.41) is 14.6. The minimum atomic E-state index is -1.05. The summed E-state index contributed by atoms with van der Waals surface area (Å²) < 4.78 is 0. The van der Waals surface area contributed by atoms with E-state index >= 15 is 0 Å². The summed E-state index contributed by atoms with van der Waals surface area (Å²) in [4.78, 5) is 22.5. The van der Waals surface area contributed by atoms with Crippen molar-refractivity contribution in [2.24, 2.45) is 5.92 Å². The number of carboxylic acids is 1. The van der Waals surface area contributed by atoms with Gasteiger partial charge in [0.05, 0.1) is 0 Å². The Morgan fingerprint density at radius 3 is 2.58 bits per heavy atom. The standard InChI is InChI=1S/C13H17ClN2O3/c1-8(2)11(12(17)18)16-13(19)15-7-9-4-3-5-10(14)6-9/h3-6,8,11H,7H2,1-2H3,(H,17,18)(H2,15,16,19)/t11-/m1/s1. The van der Waals surface area contributed by atoms with E-state index in [1.807, 2.05) is 6.07 Å². The molecule has 1 aromatic rings. The summed E-state index contributed by atoms with van der Waals surface area (Å²) >= 11 is 5.82. The number of hydrogen-bond donors (Lipinski definition) is 3. The fourth-order valence-electron chi connectivity index (χ4n) is 1.54. The number of halogens is 1. The first-order valence-corrected chi connectivity index (χ1v) is 6.29. The third-order valence-corrected chi connectivity index (χ3v) is 2.80. The number of nitrogens with one attached hydrogen (secondary N) is 2. The largest absolute Gasteiger partial charge is 0.480 e. The van der Waals surface area contributed by atoms with Crippen molar-refractivity contribution < 1.29 is 14.7 Å². The van der Waals surface area contributed by atoms with E-state index in [9.17, 15) is 9.59 Å². The van der Waals surface area contributed by atoms with Gasteiger partial charge in [-0.2, -0.15) is 0 Å². The van der Waals surface area contributed by atoms with Crippen LogP contribution in [-0.2, 0) is 11.3 Å². The van der Waals surface area contributed by atoms with Crippen LogP contribution in [0.3, 0.4) is 0 Å². The molecule has 0 unspecified atom stereocenters. The molecule has 0 saturated carbocycles. The van der Waals surface area contributed by atoms with Gasteiger partial charge in [0.25, 0.3) is 0 Å². The van der Waals surface area contributed by atoms with E-state index in [-0.39, 0.29) is 12.5 Å². The number of urea groups is 1. The second-order valence-electron chi connectivity index (χ2n) is 4.52. The monoisotopic (exact) mass is 284 g/mol. The highest BCUT2D eigenvalue weighted by Crippen LogP contribution is 2.10. The quantitative estimate of drug-likeness (QED) is 0.776. The van der Waals surface area contributed by atoms with E-state index in [1.165, 1.54) is 0 Å². The van der Waals surface area contributed by atoms with Crippen molar-refractivity contribution in [1.29, 1.82) is 0 Å². The molecule has 5 nitrogen and oxygen atoms in total. The summed E-state index contributed by atoms with van der Waals surface area (Å²) in [5.74, 6) is -1.23. The van der Waals surface area contributed by atoms with E-state index in [0.29, 0.717) is 5.02 Å². The fraction of sp³-hybridized carbons (Fsp3) is 0.385. The lowest BCUT2D eigenvalue weighted by molar-refractivity contribution is -0.140. The molecule has 0 fully saturated rings. The molecule has 3 N–H and O–H groups in total. The van der Waals surface area contributed by atoms with Crippen LogP contribution < -0.4 is 10.6 Å². The molecule has 1 atom stereocenters. The summed E-state index contributed by atoms with van der Waals surface area (Å²) in [7, 11) is 0. The molecular formula is C13H17ClN2O3. The van der Waals surface area contributed by atoms with Crippen LogP contribution in [0.2, 0.25) is 5.02 Å². The SMILES string of the molecule is CC(C)[C@@H](NC(=O)NCc1cccc(Cl)c1)C(=O)O. The molecule has 0 aliphatic carbocycles. The van der Waals surface area contributed by atoms with Gasteiger partial charge >= 0.3 is 12.0 Å². The minimum absolute atomic E-state index is 0.186. The second kappa shape index (κ2) is 6.99. The highest BCUT2D eigenvalue weighted by Gasteiger charge is 2.23. The Balaban J connectivity index is 2.49. The zero-order chi connectivity index (χ0) is 14.4. The van der Waals surface area contributed by atoms with Crippen molar-refractivity contribution in [1.82, 2.24) is 10.6 Å². The van der Waals surface area contributed by atoms with E-state index < -0.39 is 18.0 Å². The maximum absolute atomic E-state index is 11.6. The number of carbonyl (C=O) groups excluding carboxylic acids is 1. The first-order valence-electron chi connectivity index (χ1n) is 5.91. The normalized spacial score (nSPS) is 12.0. The van der Waals surface area contributed by atoms with E-state index in [4.69, 9.17) is 16.7 Å². The Kier molecular flexibility index (Phi) is 5.63. The number of carbonyl (C=O) groups is 2. The molecule has 0 heterocycles. The smallest absolute Gasteiger partial charge is 0.326 e. The maximum Gasteiger partial charge on any atom is 0.326 e. The van der Waals surface area contributed by atoms with Gasteiger partial charge in [-0.3, -0.25) is 0 Å². The molecule has 6 heteroatoms. The molecule has 1 rings (SSSR count). The Labute approximate surface area is 117 Å². The number of rotatable bonds is 5.